The summed E-state index contributed by atoms with van der Waals surface area (Å²) in [5.74, 6) is 1.57. The summed E-state index contributed by atoms with van der Waals surface area (Å²) in [7, 11) is -3.29. The summed E-state index contributed by atoms with van der Waals surface area (Å²) >= 11 is 0. The van der Waals surface area contributed by atoms with E-state index in [9.17, 15) is 8.42 Å². The molecule has 5 heterocycles. The number of fused-ring (bicyclic) bond motifs is 3. The highest BCUT2D eigenvalue weighted by Crippen LogP contribution is 2.33. The van der Waals surface area contributed by atoms with E-state index in [0.29, 0.717) is 38.2 Å². The first-order valence-electron chi connectivity index (χ1n) is 11.6. The Kier molecular flexibility index (Phi) is 5.90. The summed E-state index contributed by atoms with van der Waals surface area (Å²) in [4.78, 5) is 6.86. The third kappa shape index (κ3) is 4.21. The van der Waals surface area contributed by atoms with E-state index in [-0.39, 0.29) is 11.3 Å². The Hall–Kier alpha value is -3.18. The fraction of sp³-hybridized carbons (Fsp3) is 0.435. The number of rotatable bonds is 7. The second kappa shape index (κ2) is 8.88. The van der Waals surface area contributed by atoms with Gasteiger partial charge in [0.15, 0.2) is 5.65 Å². The Morgan fingerprint density at radius 2 is 2.03 bits per heavy atom. The summed E-state index contributed by atoms with van der Waals surface area (Å²) in [6, 6.07) is 5.93. The molecule has 10 nitrogen and oxygen atoms in total. The lowest BCUT2D eigenvalue weighted by molar-refractivity contribution is 0.338. The van der Waals surface area contributed by atoms with Crippen LogP contribution >= 0.6 is 0 Å². The summed E-state index contributed by atoms with van der Waals surface area (Å²) in [6.07, 6.45) is 6.65. The van der Waals surface area contributed by atoms with Gasteiger partial charge in [0.05, 0.1) is 35.2 Å². The number of ether oxygens (including phenoxy) is 1. The minimum absolute atomic E-state index is 0.0935. The number of aromatic amines is 1. The van der Waals surface area contributed by atoms with E-state index in [1.54, 1.807) is 6.20 Å². The molecular weight excluding hydrogens is 454 g/mol. The van der Waals surface area contributed by atoms with Gasteiger partial charge in [-0.25, -0.2) is 22.6 Å². The number of aromatic nitrogens is 5. The highest BCUT2D eigenvalue weighted by atomic mass is 32.2. The van der Waals surface area contributed by atoms with Gasteiger partial charge in [-0.15, -0.1) is 5.10 Å². The smallest absolute Gasteiger partial charge is 0.214 e. The highest BCUT2D eigenvalue weighted by molar-refractivity contribution is 7.90. The fourth-order valence-corrected chi connectivity index (χ4v) is 6.24. The van der Waals surface area contributed by atoms with Crippen molar-refractivity contribution in [3.8, 4) is 16.9 Å². The number of H-pyrrole nitrogens is 1. The van der Waals surface area contributed by atoms with E-state index < -0.39 is 10.0 Å². The Labute approximate surface area is 198 Å². The van der Waals surface area contributed by atoms with E-state index in [1.807, 2.05) is 55.9 Å². The van der Waals surface area contributed by atoms with Crippen LogP contribution in [-0.4, -0.2) is 64.2 Å². The van der Waals surface area contributed by atoms with Crippen LogP contribution in [0.25, 0.3) is 27.7 Å². The molecule has 0 spiro atoms. The van der Waals surface area contributed by atoms with Crippen molar-refractivity contribution in [1.82, 2.24) is 29.5 Å². The zero-order valence-electron chi connectivity index (χ0n) is 19.5. The van der Waals surface area contributed by atoms with Crippen LogP contribution in [0, 0.1) is 0 Å². The number of hydrogen-bond acceptors (Lipinski definition) is 7. The molecule has 0 aromatic carbocycles. The third-order valence-corrected chi connectivity index (χ3v) is 8.23. The van der Waals surface area contributed by atoms with Crippen LogP contribution in [0.4, 0.5) is 5.82 Å². The molecule has 0 saturated carbocycles. The third-order valence-electron chi connectivity index (χ3n) is 6.08. The number of nitrogens with zero attached hydrogens (tertiary/aromatic N) is 5. The maximum Gasteiger partial charge on any atom is 0.214 e. The minimum Gasteiger partial charge on any atom is -0.492 e. The molecule has 5 rings (SSSR count). The maximum absolute atomic E-state index is 12.5. The predicted octanol–water partition coefficient (Wildman–Crippen LogP) is 2.97. The Bertz CT molecular complexity index is 1400. The van der Waals surface area contributed by atoms with Gasteiger partial charge in [-0.3, -0.25) is 5.10 Å². The second-order valence-electron chi connectivity index (χ2n) is 8.86. The molecule has 0 amide bonds. The zero-order valence-corrected chi connectivity index (χ0v) is 20.3. The van der Waals surface area contributed by atoms with Crippen molar-refractivity contribution in [2.45, 2.75) is 44.9 Å². The van der Waals surface area contributed by atoms with Gasteiger partial charge in [0.1, 0.15) is 11.6 Å². The molecule has 1 saturated heterocycles. The van der Waals surface area contributed by atoms with Crippen LogP contribution in [0.3, 0.4) is 0 Å². The molecule has 0 atom stereocenters. The number of nitrogens with one attached hydrogen (secondary N) is 2. The van der Waals surface area contributed by atoms with Gasteiger partial charge in [0.2, 0.25) is 10.0 Å². The van der Waals surface area contributed by atoms with Crippen molar-refractivity contribution in [2.75, 3.05) is 24.6 Å². The SMILES string of the molecule is CCOc1cc(-c2ccc(N3CCC(S(=O)(=O)NC(C)C)CC3)nc2)c2c3cn[nH]c3nn2c1. The summed E-state index contributed by atoms with van der Waals surface area (Å²) in [6.45, 7) is 7.50. The molecule has 2 N–H and O–H groups in total. The largest absolute Gasteiger partial charge is 0.492 e. The molecule has 11 heteroatoms. The van der Waals surface area contributed by atoms with Crippen molar-refractivity contribution in [3.05, 3.63) is 36.8 Å². The second-order valence-corrected chi connectivity index (χ2v) is 10.8. The Balaban J connectivity index is 1.40. The standard InChI is InChI=1S/C23H29N7O3S/c1-4-33-17-11-19(22-20-13-25-26-23(20)27-30(22)14-17)16-5-6-21(24-12-16)29-9-7-18(8-10-29)34(31,32)28-15(2)3/h5-6,11-15,18,28H,4,7-10H2,1-3H3,(H,26,27). The van der Waals surface area contributed by atoms with Crippen LogP contribution in [0.1, 0.15) is 33.6 Å². The topological polar surface area (TPSA) is 118 Å². The number of sulfonamides is 1. The molecule has 1 aliphatic rings. The minimum atomic E-state index is -3.29. The van der Waals surface area contributed by atoms with Gasteiger partial charge >= 0.3 is 0 Å². The average molecular weight is 484 g/mol. The number of anilines is 1. The van der Waals surface area contributed by atoms with Gasteiger partial charge in [0, 0.05) is 36.5 Å². The van der Waals surface area contributed by atoms with Gasteiger partial charge in [-0.05, 0) is 51.8 Å². The average Bonchev–Trinajstić information content (AvgIpc) is 3.39. The van der Waals surface area contributed by atoms with Crippen molar-refractivity contribution in [2.24, 2.45) is 0 Å². The first-order chi connectivity index (χ1) is 16.4. The first-order valence-corrected chi connectivity index (χ1v) is 13.1. The molecule has 0 bridgehead atoms. The Morgan fingerprint density at radius 3 is 2.71 bits per heavy atom. The van der Waals surface area contributed by atoms with Gasteiger partial charge in [-0.2, -0.15) is 5.10 Å². The fourth-order valence-electron chi connectivity index (χ4n) is 4.56. The molecule has 0 radical (unpaired) electrons. The molecule has 180 valence electrons. The van der Waals surface area contributed by atoms with E-state index in [4.69, 9.17) is 9.72 Å². The van der Waals surface area contributed by atoms with Crippen LogP contribution in [-0.2, 0) is 10.0 Å². The van der Waals surface area contributed by atoms with Crippen LogP contribution in [0.2, 0.25) is 0 Å². The quantitative estimate of drug-likeness (QED) is 0.415. The number of hydrogen-bond donors (Lipinski definition) is 2. The molecule has 1 fully saturated rings. The highest BCUT2D eigenvalue weighted by Gasteiger charge is 2.30. The lowest BCUT2D eigenvalue weighted by Crippen LogP contribution is -2.45. The van der Waals surface area contributed by atoms with Gasteiger partial charge in [0.25, 0.3) is 0 Å². The summed E-state index contributed by atoms with van der Waals surface area (Å²) < 4.78 is 35.3. The summed E-state index contributed by atoms with van der Waals surface area (Å²) in [5, 5.41) is 12.2. The molecule has 4 aromatic rings. The van der Waals surface area contributed by atoms with Crippen molar-refractivity contribution in [1.29, 1.82) is 0 Å². The van der Waals surface area contributed by atoms with Gasteiger partial charge < -0.3 is 9.64 Å². The predicted molar refractivity (Wildman–Crippen MR) is 132 cm³/mol. The normalized spacial score (nSPS) is 15.6. The van der Waals surface area contributed by atoms with Gasteiger partial charge in [-0.1, -0.05) is 0 Å². The zero-order chi connectivity index (χ0) is 23.9. The van der Waals surface area contributed by atoms with Crippen LogP contribution < -0.4 is 14.4 Å². The molecule has 4 aromatic heterocycles. The van der Waals surface area contributed by atoms with E-state index in [1.165, 1.54) is 0 Å². The monoisotopic (exact) mass is 483 g/mol. The van der Waals surface area contributed by atoms with Crippen molar-refractivity contribution in [3.63, 3.8) is 0 Å². The Morgan fingerprint density at radius 1 is 1.24 bits per heavy atom. The number of pyridine rings is 2. The van der Waals surface area contributed by atoms with Crippen molar-refractivity contribution < 1.29 is 13.2 Å². The van der Waals surface area contributed by atoms with Crippen molar-refractivity contribution >= 4 is 32.4 Å². The molecule has 1 aliphatic heterocycles. The van der Waals surface area contributed by atoms with E-state index >= 15 is 0 Å². The lowest BCUT2D eigenvalue weighted by Gasteiger charge is -2.32. The van der Waals surface area contributed by atoms with E-state index in [2.05, 4.69) is 24.9 Å². The van der Waals surface area contributed by atoms with E-state index in [0.717, 1.165) is 33.6 Å². The molecule has 34 heavy (non-hydrogen) atoms. The molecule has 0 aliphatic carbocycles. The maximum atomic E-state index is 12.5. The molecular formula is C23H29N7O3S. The number of piperidine rings is 1. The van der Waals surface area contributed by atoms with Crippen LogP contribution in [0.15, 0.2) is 36.8 Å². The van der Waals surface area contributed by atoms with Crippen LogP contribution in [0.5, 0.6) is 5.75 Å². The molecule has 0 unspecified atom stereocenters. The lowest BCUT2D eigenvalue weighted by atomic mass is 10.1. The summed E-state index contributed by atoms with van der Waals surface area (Å²) in [5.41, 5.74) is 3.55. The first kappa shape index (κ1) is 22.6.